The summed E-state index contributed by atoms with van der Waals surface area (Å²) in [6, 6.07) is 9.07. The maximum Gasteiger partial charge on any atom is 0.410 e. The third-order valence-corrected chi connectivity index (χ3v) is 13.0. The van der Waals surface area contributed by atoms with Gasteiger partial charge in [0.2, 0.25) is 0 Å². The average Bonchev–Trinajstić information content (AvgIpc) is 3.31. The van der Waals surface area contributed by atoms with E-state index in [9.17, 15) is 14.7 Å². The van der Waals surface area contributed by atoms with Gasteiger partial charge in [-0.05, 0) is 64.9 Å². The lowest BCUT2D eigenvalue weighted by atomic mass is 9.73. The summed E-state index contributed by atoms with van der Waals surface area (Å²) in [5.41, 5.74) is 1.31. The topological polar surface area (TPSA) is 149 Å². The number of aliphatic imine (C=N–C) groups is 1. The summed E-state index contributed by atoms with van der Waals surface area (Å²) in [5, 5.41) is 12.6. The lowest BCUT2D eigenvalue weighted by Crippen LogP contribution is -2.59. The molecular formula is C44H62N4O9. The number of aromatic nitrogens is 1. The Hall–Kier alpha value is -3.75. The molecule has 312 valence electrons. The van der Waals surface area contributed by atoms with E-state index in [1.165, 1.54) is 0 Å². The van der Waals surface area contributed by atoms with E-state index in [-0.39, 0.29) is 36.2 Å². The smallest absolute Gasteiger partial charge is 0.410 e. The maximum absolute atomic E-state index is 15.0. The SMILES string of the molecule is CC[C@@H]1OC(=O)C(C/C=C/c2cnc3ccccc3c2)C(=O)[C@H](C)[C@@H](O[C@@H]2O[C@H](C)C[C@H](N(C)C)[C@H]2O)[C@H](C)[C@H](OC)[C@@H](C)C2=NCCN3C(=O)O[C@@]1(C)C3[C@@H]2C. The lowest BCUT2D eigenvalue weighted by molar-refractivity contribution is -0.281. The van der Waals surface area contributed by atoms with Gasteiger partial charge < -0.3 is 33.7 Å². The zero-order valence-electron chi connectivity index (χ0n) is 35.2. The molecule has 2 unspecified atom stereocenters. The summed E-state index contributed by atoms with van der Waals surface area (Å²) in [5.74, 6) is -4.22. The molecule has 13 nitrogen and oxygen atoms in total. The third kappa shape index (κ3) is 8.41. The number of benzene rings is 1. The molecule has 0 aliphatic carbocycles. The van der Waals surface area contributed by atoms with Crippen LogP contribution in [0.3, 0.4) is 0 Å². The van der Waals surface area contributed by atoms with Crippen molar-refractivity contribution in [2.45, 2.75) is 122 Å². The normalized spacial score (nSPS) is 38.2. The monoisotopic (exact) mass is 790 g/mol. The molecule has 14 atom stereocenters. The highest BCUT2D eigenvalue weighted by atomic mass is 16.7. The van der Waals surface area contributed by atoms with E-state index >= 15 is 4.79 Å². The molecule has 4 aliphatic heterocycles. The Morgan fingerprint density at radius 2 is 1.79 bits per heavy atom. The predicted molar refractivity (Wildman–Crippen MR) is 217 cm³/mol. The zero-order chi connectivity index (χ0) is 41.3. The number of allylic oxidation sites excluding steroid dienone is 1. The van der Waals surface area contributed by atoms with E-state index in [4.69, 9.17) is 28.7 Å². The van der Waals surface area contributed by atoms with Crippen LogP contribution in [0.25, 0.3) is 17.0 Å². The van der Waals surface area contributed by atoms with Crippen LogP contribution in [-0.2, 0) is 33.3 Å². The molecule has 3 saturated heterocycles. The number of rotatable bonds is 8. The van der Waals surface area contributed by atoms with Crippen molar-refractivity contribution < 1.29 is 43.2 Å². The molecule has 3 fully saturated rings. The molecule has 4 aliphatic rings. The number of aliphatic hydroxyl groups is 1. The number of hydrogen-bond acceptors (Lipinski definition) is 12. The highest BCUT2D eigenvalue weighted by molar-refractivity contribution is 6.01. The number of esters is 1. The van der Waals surface area contributed by atoms with Crippen LogP contribution in [0.4, 0.5) is 4.79 Å². The molecular weight excluding hydrogens is 729 g/mol. The first-order valence-corrected chi connectivity index (χ1v) is 20.6. The van der Waals surface area contributed by atoms with E-state index in [0.29, 0.717) is 25.9 Å². The molecule has 57 heavy (non-hydrogen) atoms. The number of carbonyl (C=O) groups is 3. The second-order valence-corrected chi connectivity index (χ2v) is 17.0. The summed E-state index contributed by atoms with van der Waals surface area (Å²) < 4.78 is 31.9. The Morgan fingerprint density at radius 1 is 1.05 bits per heavy atom. The number of Topliss-reactive ketones (excluding diaryl/α,β-unsaturated/α-hetero) is 1. The van der Waals surface area contributed by atoms with E-state index in [1.807, 2.05) is 90.0 Å². The van der Waals surface area contributed by atoms with Gasteiger partial charge >= 0.3 is 12.1 Å². The van der Waals surface area contributed by atoms with E-state index in [1.54, 1.807) is 31.2 Å². The van der Waals surface area contributed by atoms with Crippen molar-refractivity contribution in [2.75, 3.05) is 34.3 Å². The quantitative estimate of drug-likeness (QED) is 0.265. The Labute approximate surface area is 337 Å². The third-order valence-electron chi connectivity index (χ3n) is 13.0. The summed E-state index contributed by atoms with van der Waals surface area (Å²) >= 11 is 0. The van der Waals surface area contributed by atoms with Gasteiger partial charge in [0, 0.05) is 60.7 Å². The molecule has 1 aromatic heterocycles. The van der Waals surface area contributed by atoms with Crippen molar-refractivity contribution in [1.82, 2.24) is 14.8 Å². The fraction of sp³-hybridized carbons (Fsp3) is 0.659. The Morgan fingerprint density at radius 3 is 2.49 bits per heavy atom. The fourth-order valence-electron chi connectivity index (χ4n) is 10.0. The van der Waals surface area contributed by atoms with Crippen LogP contribution >= 0.6 is 0 Å². The molecule has 5 heterocycles. The van der Waals surface area contributed by atoms with Crippen LogP contribution < -0.4 is 0 Å². The minimum Gasteiger partial charge on any atom is -0.457 e. The largest absolute Gasteiger partial charge is 0.457 e. The number of likely N-dealkylation sites (N-methyl/N-ethyl adjacent to an activating group) is 1. The van der Waals surface area contributed by atoms with Crippen molar-refractivity contribution in [3.8, 4) is 0 Å². The second kappa shape index (κ2) is 17.6. The first kappa shape index (κ1) is 42.8. The minimum atomic E-state index is -1.23. The van der Waals surface area contributed by atoms with Gasteiger partial charge in [-0.3, -0.25) is 24.5 Å². The number of fused-ring (bicyclic) bond motifs is 2. The number of aliphatic hydroxyl groups excluding tert-OH is 1. The van der Waals surface area contributed by atoms with Crippen LogP contribution in [-0.4, -0.2) is 132 Å². The number of ketones is 1. The molecule has 13 heteroatoms. The Bertz CT molecular complexity index is 1840. The number of methoxy groups -OCH3 is 1. The van der Waals surface area contributed by atoms with Crippen molar-refractivity contribution in [1.29, 1.82) is 0 Å². The molecule has 2 bridgehead atoms. The molecule has 0 radical (unpaired) electrons. The van der Waals surface area contributed by atoms with Crippen LogP contribution in [0.2, 0.25) is 0 Å². The number of pyridine rings is 1. The van der Waals surface area contributed by atoms with Gasteiger partial charge in [0.15, 0.2) is 17.7 Å². The number of carbonyl (C=O) groups excluding carboxylic acids is 3. The molecule has 1 aromatic carbocycles. The van der Waals surface area contributed by atoms with Crippen molar-refractivity contribution in [3.63, 3.8) is 0 Å². The van der Waals surface area contributed by atoms with Gasteiger partial charge in [0.1, 0.15) is 18.1 Å². The predicted octanol–water partition coefficient (Wildman–Crippen LogP) is 5.56. The van der Waals surface area contributed by atoms with Gasteiger partial charge in [0.05, 0.1) is 36.4 Å². The molecule has 1 amide bonds. The summed E-state index contributed by atoms with van der Waals surface area (Å²) in [7, 11) is 5.46. The van der Waals surface area contributed by atoms with E-state index < -0.39 is 72.2 Å². The van der Waals surface area contributed by atoms with E-state index in [0.717, 1.165) is 22.2 Å². The number of nitrogens with zero attached hydrogens (tertiary/aromatic N) is 4. The number of amides is 1. The molecule has 6 rings (SSSR count). The summed E-state index contributed by atoms with van der Waals surface area (Å²) in [6.45, 7) is 14.2. The average molecular weight is 791 g/mol. The van der Waals surface area contributed by atoms with Gasteiger partial charge in [0.25, 0.3) is 0 Å². The van der Waals surface area contributed by atoms with Crippen molar-refractivity contribution in [3.05, 3.63) is 48.2 Å². The van der Waals surface area contributed by atoms with Gasteiger partial charge in [-0.1, -0.05) is 65.0 Å². The van der Waals surface area contributed by atoms with Gasteiger partial charge in [-0.15, -0.1) is 0 Å². The highest BCUT2D eigenvalue weighted by Crippen LogP contribution is 2.43. The Balaban J connectivity index is 1.43. The molecule has 0 saturated carbocycles. The maximum atomic E-state index is 15.0. The van der Waals surface area contributed by atoms with E-state index in [2.05, 4.69) is 11.9 Å². The Kier molecular flexibility index (Phi) is 13.2. The van der Waals surface area contributed by atoms with Crippen molar-refractivity contribution in [2.24, 2.45) is 34.6 Å². The minimum absolute atomic E-state index is 0.0397. The zero-order valence-corrected chi connectivity index (χ0v) is 35.2. The molecule has 1 N–H and O–H groups in total. The highest BCUT2D eigenvalue weighted by Gasteiger charge is 2.60. The number of ether oxygens (including phenoxy) is 5. The standard InChI is InChI=1S/C44H62N4O9/c1-11-34-44(7)40-26(4)35(45-19-20-48(40)43(52)57-44)25(3)38(53-10)28(6)39(56-42-37(50)33(47(8)9)21-24(2)54-42)27(5)36(49)31(41(51)55-34)17-14-15-29-22-30-16-12-13-18-32(30)46-23-29/h12-16,18,22-28,31,33-34,37-40,42,50H,11,17,19-21H2,1-10H3/b15-14+/t24-,25+,26-,27+,28-,31?,33+,34+,37-,38-,39-,40?,42+,44-/m1/s1. The van der Waals surface area contributed by atoms with Crippen LogP contribution in [0.5, 0.6) is 0 Å². The van der Waals surface area contributed by atoms with Crippen LogP contribution in [0.1, 0.15) is 73.3 Å². The summed E-state index contributed by atoms with van der Waals surface area (Å²) in [4.78, 5) is 56.5. The van der Waals surface area contributed by atoms with Gasteiger partial charge in [-0.2, -0.15) is 0 Å². The first-order valence-electron chi connectivity index (χ1n) is 20.6. The summed E-state index contributed by atoms with van der Waals surface area (Å²) in [6.07, 6.45) is 1.42. The fourth-order valence-corrected chi connectivity index (χ4v) is 10.0. The first-order chi connectivity index (χ1) is 27.1. The van der Waals surface area contributed by atoms with Gasteiger partial charge in [-0.25, -0.2) is 4.79 Å². The molecule has 2 aromatic rings. The second-order valence-electron chi connectivity index (χ2n) is 17.0. The lowest BCUT2D eigenvalue weighted by Gasteiger charge is -2.45. The van der Waals surface area contributed by atoms with Crippen molar-refractivity contribution >= 4 is 40.5 Å². The van der Waals surface area contributed by atoms with Crippen LogP contribution in [0, 0.1) is 29.6 Å². The number of hydrogen-bond donors (Lipinski definition) is 1. The van der Waals surface area contributed by atoms with Crippen LogP contribution in [0.15, 0.2) is 47.6 Å². The number of para-hydroxylation sites is 1. The number of cyclic esters (lactones) is 1. The molecule has 0 spiro atoms.